The molecule has 4 heterocycles. The molecule has 0 radical (unpaired) electrons. The van der Waals surface area contributed by atoms with Crippen molar-refractivity contribution in [1.29, 1.82) is 0 Å². The van der Waals surface area contributed by atoms with Crippen LogP contribution in [0.25, 0.3) is 0 Å². The molecule has 0 spiro atoms. The number of fused-ring (bicyclic) bond motifs is 5. The quantitative estimate of drug-likeness (QED) is 0.856. The van der Waals surface area contributed by atoms with E-state index in [0.29, 0.717) is 18.4 Å². The summed E-state index contributed by atoms with van der Waals surface area (Å²) in [6.45, 7) is 4.93. The molecule has 0 unspecified atom stereocenters. The maximum absolute atomic E-state index is 12.6. The summed E-state index contributed by atoms with van der Waals surface area (Å²) in [6.07, 6.45) is 1.05. The Balaban J connectivity index is 1.41. The van der Waals surface area contributed by atoms with Gasteiger partial charge in [0.05, 0.1) is 6.04 Å². The van der Waals surface area contributed by atoms with Crippen molar-refractivity contribution in [1.82, 2.24) is 14.8 Å². The molecular weight excluding hydrogens is 370 g/mol. The summed E-state index contributed by atoms with van der Waals surface area (Å²) in [7, 11) is 0. The molecule has 3 atom stereocenters. The van der Waals surface area contributed by atoms with Crippen LogP contribution in [0.3, 0.4) is 0 Å². The van der Waals surface area contributed by atoms with Gasteiger partial charge in [-0.3, -0.25) is 14.5 Å². The van der Waals surface area contributed by atoms with E-state index >= 15 is 0 Å². The summed E-state index contributed by atoms with van der Waals surface area (Å²) in [5, 5.41) is 2.93. The Morgan fingerprint density at radius 3 is 2.90 bits per heavy atom. The second-order valence-electron chi connectivity index (χ2n) is 8.24. The Morgan fingerprint density at radius 1 is 1.17 bits per heavy atom. The van der Waals surface area contributed by atoms with Gasteiger partial charge >= 0.3 is 0 Å². The number of pyridine rings is 1. The van der Waals surface area contributed by atoms with Gasteiger partial charge in [-0.1, -0.05) is 12.1 Å². The lowest BCUT2D eigenvalue weighted by molar-refractivity contribution is -0.119. The first-order valence-electron chi connectivity index (χ1n) is 10.2. The van der Waals surface area contributed by atoms with Crippen LogP contribution < -0.4 is 20.3 Å². The maximum atomic E-state index is 12.6. The van der Waals surface area contributed by atoms with Gasteiger partial charge in [-0.15, -0.1) is 0 Å². The highest BCUT2D eigenvalue weighted by Gasteiger charge is 2.40. The van der Waals surface area contributed by atoms with E-state index in [1.807, 2.05) is 16.7 Å². The SMILES string of the molecule is CC(=O)NC[C@H]1[C@H]2C[C@H](CN(Cc3ccc4c(c3)OCO4)C2)c2cccc(=O)n21. The van der Waals surface area contributed by atoms with Gasteiger partial charge in [0.25, 0.3) is 5.56 Å². The minimum Gasteiger partial charge on any atom is -0.454 e. The minimum absolute atomic E-state index is 0.0154. The Morgan fingerprint density at radius 2 is 2.03 bits per heavy atom. The highest BCUT2D eigenvalue weighted by molar-refractivity contribution is 5.72. The van der Waals surface area contributed by atoms with Crippen LogP contribution in [-0.4, -0.2) is 41.8 Å². The predicted octanol–water partition coefficient (Wildman–Crippen LogP) is 1.87. The molecule has 2 aromatic rings. The third-order valence-corrected chi connectivity index (χ3v) is 6.28. The Hall–Kier alpha value is -2.80. The first-order valence-corrected chi connectivity index (χ1v) is 10.2. The lowest BCUT2D eigenvalue weighted by Gasteiger charge is -2.47. The van der Waals surface area contributed by atoms with Crippen LogP contribution in [0.2, 0.25) is 0 Å². The fourth-order valence-electron chi connectivity index (χ4n) is 5.07. The van der Waals surface area contributed by atoms with E-state index in [-0.39, 0.29) is 24.3 Å². The predicted molar refractivity (Wildman–Crippen MR) is 107 cm³/mol. The van der Waals surface area contributed by atoms with Gasteiger partial charge in [0, 0.05) is 50.8 Å². The van der Waals surface area contributed by atoms with Gasteiger partial charge in [-0.05, 0) is 36.1 Å². The summed E-state index contributed by atoms with van der Waals surface area (Å²) < 4.78 is 12.9. The van der Waals surface area contributed by atoms with Gasteiger partial charge in [-0.2, -0.15) is 0 Å². The van der Waals surface area contributed by atoms with Crippen molar-refractivity contribution in [2.24, 2.45) is 5.92 Å². The van der Waals surface area contributed by atoms with Crippen LogP contribution in [-0.2, 0) is 11.3 Å². The van der Waals surface area contributed by atoms with Crippen molar-refractivity contribution in [2.75, 3.05) is 26.4 Å². The molecule has 1 N–H and O–H groups in total. The zero-order valence-corrected chi connectivity index (χ0v) is 16.5. The molecule has 0 saturated carbocycles. The summed E-state index contributed by atoms with van der Waals surface area (Å²) in [5.41, 5.74) is 2.30. The van der Waals surface area contributed by atoms with Crippen molar-refractivity contribution in [3.63, 3.8) is 0 Å². The van der Waals surface area contributed by atoms with Crippen LogP contribution in [0.1, 0.15) is 36.6 Å². The number of amides is 1. The number of carbonyl (C=O) groups is 1. The normalized spacial score (nSPS) is 24.8. The summed E-state index contributed by atoms with van der Waals surface area (Å²) in [6, 6.07) is 11.6. The third kappa shape index (κ3) is 3.40. The molecule has 1 aromatic heterocycles. The van der Waals surface area contributed by atoms with Gasteiger partial charge in [0.2, 0.25) is 12.7 Å². The van der Waals surface area contributed by atoms with E-state index < -0.39 is 0 Å². The van der Waals surface area contributed by atoms with Crippen LogP contribution in [0.5, 0.6) is 11.5 Å². The summed E-state index contributed by atoms with van der Waals surface area (Å²) in [5.74, 6) is 2.19. The molecule has 2 bridgehead atoms. The van der Waals surface area contributed by atoms with Crippen LogP contribution in [0.4, 0.5) is 0 Å². The number of aromatic nitrogens is 1. The monoisotopic (exact) mass is 395 g/mol. The third-order valence-electron chi connectivity index (χ3n) is 6.28. The number of benzene rings is 1. The largest absolute Gasteiger partial charge is 0.454 e. The number of nitrogens with one attached hydrogen (secondary N) is 1. The average molecular weight is 395 g/mol. The van der Waals surface area contributed by atoms with Gasteiger partial charge in [0.1, 0.15) is 0 Å². The van der Waals surface area contributed by atoms with E-state index in [1.165, 1.54) is 12.5 Å². The first kappa shape index (κ1) is 18.2. The molecule has 1 saturated heterocycles. The Bertz CT molecular complexity index is 1000. The highest BCUT2D eigenvalue weighted by Crippen LogP contribution is 2.41. The first-order chi connectivity index (χ1) is 14.1. The number of nitrogens with zero attached hydrogens (tertiary/aromatic N) is 2. The molecular formula is C22H25N3O4. The number of piperidine rings is 1. The minimum atomic E-state index is -0.0642. The molecule has 7 heteroatoms. The Kier molecular flexibility index (Phi) is 4.54. The summed E-state index contributed by atoms with van der Waals surface area (Å²) in [4.78, 5) is 26.6. The maximum Gasteiger partial charge on any atom is 0.251 e. The average Bonchev–Trinajstić information content (AvgIpc) is 3.16. The smallest absolute Gasteiger partial charge is 0.251 e. The number of carbonyl (C=O) groups excluding carboxylic acids is 1. The molecule has 1 fully saturated rings. The standard InChI is InChI=1S/C22H25N3O4/c1-14(26)23-9-19-17-8-16(18-3-2-4-22(27)25(18)19)11-24(12-17)10-15-5-6-20-21(7-15)29-13-28-20/h2-7,16-17,19H,8-13H2,1H3,(H,23,26)/t16-,17+,19+/m1/s1. The molecule has 5 rings (SSSR count). The van der Waals surface area contributed by atoms with E-state index in [4.69, 9.17) is 9.47 Å². The topological polar surface area (TPSA) is 72.8 Å². The van der Waals surface area contributed by atoms with Crippen molar-refractivity contribution in [3.8, 4) is 11.5 Å². The van der Waals surface area contributed by atoms with E-state index in [2.05, 4.69) is 28.4 Å². The number of rotatable bonds is 4. The lowest BCUT2D eigenvalue weighted by Crippen LogP contribution is -2.51. The fraction of sp³-hybridized carbons (Fsp3) is 0.455. The van der Waals surface area contributed by atoms with E-state index in [0.717, 1.165) is 43.2 Å². The zero-order chi connectivity index (χ0) is 20.0. The van der Waals surface area contributed by atoms with E-state index in [9.17, 15) is 9.59 Å². The van der Waals surface area contributed by atoms with Crippen LogP contribution in [0, 0.1) is 5.92 Å². The van der Waals surface area contributed by atoms with Crippen molar-refractivity contribution in [2.45, 2.75) is 31.8 Å². The van der Waals surface area contributed by atoms with Gasteiger partial charge < -0.3 is 19.4 Å². The van der Waals surface area contributed by atoms with Crippen LogP contribution in [0.15, 0.2) is 41.2 Å². The Labute approximate surface area is 169 Å². The fourth-order valence-corrected chi connectivity index (χ4v) is 5.07. The number of hydrogen-bond donors (Lipinski definition) is 1. The molecule has 3 aliphatic rings. The number of ether oxygens (including phenoxy) is 2. The van der Waals surface area contributed by atoms with Gasteiger partial charge in [-0.25, -0.2) is 0 Å². The number of likely N-dealkylation sites (tertiary alicyclic amines) is 1. The lowest BCUT2D eigenvalue weighted by atomic mass is 9.78. The second kappa shape index (κ2) is 7.22. The molecule has 1 amide bonds. The molecule has 1 aromatic carbocycles. The summed E-state index contributed by atoms with van der Waals surface area (Å²) >= 11 is 0. The van der Waals surface area contributed by atoms with Gasteiger partial charge in [0.15, 0.2) is 11.5 Å². The molecule has 152 valence electrons. The molecule has 29 heavy (non-hydrogen) atoms. The van der Waals surface area contributed by atoms with Crippen molar-refractivity contribution >= 4 is 5.91 Å². The highest BCUT2D eigenvalue weighted by atomic mass is 16.7. The van der Waals surface area contributed by atoms with Crippen molar-refractivity contribution < 1.29 is 14.3 Å². The molecule has 3 aliphatic heterocycles. The molecule has 7 nitrogen and oxygen atoms in total. The number of hydrogen-bond acceptors (Lipinski definition) is 5. The van der Waals surface area contributed by atoms with E-state index in [1.54, 1.807) is 6.07 Å². The molecule has 0 aliphatic carbocycles. The zero-order valence-electron chi connectivity index (χ0n) is 16.5. The van der Waals surface area contributed by atoms with Crippen LogP contribution >= 0.6 is 0 Å². The van der Waals surface area contributed by atoms with Crippen molar-refractivity contribution in [3.05, 3.63) is 58.0 Å². The second-order valence-corrected chi connectivity index (χ2v) is 8.24.